The number of nitrogens with one attached hydrogen (secondary N) is 1. The molecule has 0 aromatic heterocycles. The Morgan fingerprint density at radius 2 is 1.78 bits per heavy atom. The van der Waals surface area contributed by atoms with Gasteiger partial charge in [0.2, 0.25) is 5.91 Å². The zero-order valence-electron chi connectivity index (χ0n) is 14.8. The summed E-state index contributed by atoms with van der Waals surface area (Å²) in [7, 11) is 0. The molecule has 144 valence electrons. The summed E-state index contributed by atoms with van der Waals surface area (Å²) in [5.41, 5.74) is 0.560. The van der Waals surface area contributed by atoms with Gasteiger partial charge in [-0.2, -0.15) is 0 Å². The second kappa shape index (κ2) is 9.94. The first-order valence-electron chi connectivity index (χ1n) is 8.72. The van der Waals surface area contributed by atoms with E-state index >= 15 is 0 Å². The Balaban J connectivity index is 0.00000261. The molecule has 0 aliphatic carbocycles. The molecule has 1 fully saturated rings. The molecule has 1 saturated heterocycles. The summed E-state index contributed by atoms with van der Waals surface area (Å²) in [4.78, 5) is 25.5. The third kappa shape index (κ3) is 5.70. The Hall–Kier alpha value is -2.57. The van der Waals surface area contributed by atoms with Gasteiger partial charge in [0, 0.05) is 0 Å². The molecule has 0 bridgehead atoms. The van der Waals surface area contributed by atoms with E-state index in [-0.39, 0.29) is 24.9 Å². The number of aliphatic carboxylic acids is 1. The molecule has 1 aliphatic rings. The minimum atomic E-state index is -0.870. The molecular weight excluding hydrogens is 368 g/mol. The lowest BCUT2D eigenvalue weighted by atomic mass is 10.0. The highest BCUT2D eigenvalue weighted by Gasteiger charge is 2.29. The fourth-order valence-electron chi connectivity index (χ4n) is 3.11. The Kier molecular flexibility index (Phi) is 7.64. The van der Waals surface area contributed by atoms with E-state index in [1.807, 2.05) is 42.5 Å². The number of benzene rings is 2. The SMILES string of the molecule is Cl.O=C(CN1CCCCC1C(=O)O)Nc1ccccc1Oc1ccccc1. The quantitative estimate of drug-likeness (QED) is 0.784. The van der Waals surface area contributed by atoms with Crippen molar-refractivity contribution in [3.63, 3.8) is 0 Å². The van der Waals surface area contributed by atoms with Crippen LogP contribution in [-0.4, -0.2) is 41.0 Å². The Morgan fingerprint density at radius 1 is 1.07 bits per heavy atom. The summed E-state index contributed by atoms with van der Waals surface area (Å²) in [6, 6.07) is 15.9. The first-order valence-corrected chi connectivity index (χ1v) is 8.72. The molecule has 3 rings (SSSR count). The number of halogens is 1. The second-order valence-corrected chi connectivity index (χ2v) is 6.28. The first kappa shape index (κ1) is 20.7. The minimum absolute atomic E-state index is 0. The van der Waals surface area contributed by atoms with Crippen LogP contribution < -0.4 is 10.1 Å². The molecule has 1 heterocycles. The zero-order valence-corrected chi connectivity index (χ0v) is 15.7. The lowest BCUT2D eigenvalue weighted by Crippen LogP contribution is -2.47. The number of carboxylic acids is 1. The lowest BCUT2D eigenvalue weighted by Gasteiger charge is -2.32. The minimum Gasteiger partial charge on any atom is -0.480 e. The number of carbonyl (C=O) groups excluding carboxylic acids is 1. The van der Waals surface area contributed by atoms with Gasteiger partial charge in [0.1, 0.15) is 11.8 Å². The number of nitrogens with zero attached hydrogens (tertiary/aromatic N) is 1. The molecule has 1 unspecified atom stereocenters. The summed E-state index contributed by atoms with van der Waals surface area (Å²) in [5, 5.41) is 12.2. The van der Waals surface area contributed by atoms with Gasteiger partial charge in [-0.05, 0) is 43.7 Å². The Labute approximate surface area is 164 Å². The lowest BCUT2D eigenvalue weighted by molar-refractivity contribution is -0.145. The number of hydrogen-bond donors (Lipinski definition) is 2. The van der Waals surface area contributed by atoms with Crippen molar-refractivity contribution in [1.82, 2.24) is 4.90 Å². The van der Waals surface area contributed by atoms with Crippen LogP contribution in [0, 0.1) is 0 Å². The normalized spacial score (nSPS) is 16.8. The van der Waals surface area contributed by atoms with Crippen molar-refractivity contribution < 1.29 is 19.4 Å². The Bertz CT molecular complexity index is 770. The van der Waals surface area contributed by atoms with Crippen LogP contribution >= 0.6 is 12.4 Å². The highest BCUT2D eigenvalue weighted by Crippen LogP contribution is 2.29. The fourth-order valence-corrected chi connectivity index (χ4v) is 3.11. The highest BCUT2D eigenvalue weighted by atomic mass is 35.5. The van der Waals surface area contributed by atoms with Crippen molar-refractivity contribution in [3.8, 4) is 11.5 Å². The van der Waals surface area contributed by atoms with E-state index in [0.29, 0.717) is 30.2 Å². The summed E-state index contributed by atoms with van der Waals surface area (Å²) in [5.74, 6) is 0.101. The van der Waals surface area contributed by atoms with Crippen molar-refractivity contribution in [2.45, 2.75) is 25.3 Å². The van der Waals surface area contributed by atoms with Gasteiger partial charge in [0.15, 0.2) is 5.75 Å². The van der Waals surface area contributed by atoms with E-state index in [1.165, 1.54) is 0 Å². The van der Waals surface area contributed by atoms with Crippen molar-refractivity contribution in [2.75, 3.05) is 18.4 Å². The largest absolute Gasteiger partial charge is 0.480 e. The number of carboxylic acid groups (broad SMARTS) is 1. The third-order valence-corrected chi connectivity index (χ3v) is 4.38. The molecule has 1 amide bonds. The summed E-state index contributed by atoms with van der Waals surface area (Å²) >= 11 is 0. The van der Waals surface area contributed by atoms with Crippen LogP contribution in [0.4, 0.5) is 5.69 Å². The summed E-state index contributed by atoms with van der Waals surface area (Å²) in [6.45, 7) is 0.670. The molecule has 2 aromatic carbocycles. The number of likely N-dealkylation sites (tertiary alicyclic amines) is 1. The van der Waals surface area contributed by atoms with Crippen LogP contribution in [0.3, 0.4) is 0 Å². The van der Waals surface area contributed by atoms with Crippen molar-refractivity contribution in [2.24, 2.45) is 0 Å². The van der Waals surface area contributed by atoms with Crippen LogP contribution in [0.1, 0.15) is 19.3 Å². The number of carbonyl (C=O) groups is 2. The number of amides is 1. The molecule has 6 nitrogen and oxygen atoms in total. The maximum atomic E-state index is 12.5. The molecule has 0 spiro atoms. The number of anilines is 1. The number of ether oxygens (including phenoxy) is 1. The monoisotopic (exact) mass is 390 g/mol. The van der Waals surface area contributed by atoms with Crippen LogP contribution in [0.2, 0.25) is 0 Å². The van der Waals surface area contributed by atoms with Crippen molar-refractivity contribution in [1.29, 1.82) is 0 Å². The van der Waals surface area contributed by atoms with E-state index in [4.69, 9.17) is 4.74 Å². The predicted molar refractivity (Wildman–Crippen MR) is 106 cm³/mol. The van der Waals surface area contributed by atoms with Crippen molar-refractivity contribution >= 4 is 30.0 Å². The molecule has 7 heteroatoms. The summed E-state index contributed by atoms with van der Waals surface area (Å²) in [6.07, 6.45) is 2.36. The van der Waals surface area contributed by atoms with Gasteiger partial charge in [-0.3, -0.25) is 14.5 Å². The number of rotatable bonds is 6. The number of hydrogen-bond acceptors (Lipinski definition) is 4. The molecule has 1 atom stereocenters. The molecule has 2 N–H and O–H groups in total. The van der Waals surface area contributed by atoms with Gasteiger partial charge in [-0.25, -0.2) is 0 Å². The van der Waals surface area contributed by atoms with Crippen LogP contribution in [0.15, 0.2) is 54.6 Å². The zero-order chi connectivity index (χ0) is 18.4. The summed E-state index contributed by atoms with van der Waals surface area (Å²) < 4.78 is 5.84. The van der Waals surface area contributed by atoms with E-state index in [0.717, 1.165) is 12.8 Å². The first-order chi connectivity index (χ1) is 12.6. The average Bonchev–Trinajstić information content (AvgIpc) is 2.64. The van der Waals surface area contributed by atoms with E-state index in [1.54, 1.807) is 17.0 Å². The van der Waals surface area contributed by atoms with Crippen LogP contribution in [0.25, 0.3) is 0 Å². The van der Waals surface area contributed by atoms with Gasteiger partial charge in [-0.15, -0.1) is 12.4 Å². The second-order valence-electron chi connectivity index (χ2n) is 6.28. The molecule has 0 radical (unpaired) electrons. The maximum absolute atomic E-state index is 12.5. The van der Waals surface area contributed by atoms with Crippen LogP contribution in [0.5, 0.6) is 11.5 Å². The van der Waals surface area contributed by atoms with Gasteiger partial charge in [0.05, 0.1) is 12.2 Å². The highest BCUT2D eigenvalue weighted by molar-refractivity contribution is 5.94. The van der Waals surface area contributed by atoms with Gasteiger partial charge in [0.25, 0.3) is 0 Å². The molecule has 2 aromatic rings. The smallest absolute Gasteiger partial charge is 0.320 e. The molecular formula is C20H23ClN2O4. The van der Waals surface area contributed by atoms with Gasteiger partial charge in [-0.1, -0.05) is 36.8 Å². The topological polar surface area (TPSA) is 78.9 Å². The standard InChI is InChI=1S/C20H22N2O4.ClH/c23-19(14-22-13-7-6-11-17(22)20(24)25)21-16-10-4-5-12-18(16)26-15-8-2-1-3-9-15;/h1-5,8-10,12,17H,6-7,11,13-14H2,(H,21,23)(H,24,25);1H. The molecule has 27 heavy (non-hydrogen) atoms. The van der Waals surface area contributed by atoms with Gasteiger partial charge >= 0.3 is 5.97 Å². The maximum Gasteiger partial charge on any atom is 0.320 e. The van der Waals surface area contributed by atoms with E-state index in [2.05, 4.69) is 5.32 Å². The Morgan fingerprint density at radius 3 is 2.52 bits per heavy atom. The van der Waals surface area contributed by atoms with Crippen molar-refractivity contribution in [3.05, 3.63) is 54.6 Å². The van der Waals surface area contributed by atoms with E-state index in [9.17, 15) is 14.7 Å². The molecule has 0 saturated carbocycles. The predicted octanol–water partition coefficient (Wildman–Crippen LogP) is 3.78. The third-order valence-electron chi connectivity index (χ3n) is 4.38. The van der Waals surface area contributed by atoms with E-state index < -0.39 is 12.0 Å². The number of para-hydroxylation sites is 3. The number of piperidine rings is 1. The van der Waals surface area contributed by atoms with Gasteiger partial charge < -0.3 is 15.2 Å². The fraction of sp³-hybridized carbons (Fsp3) is 0.300. The molecule has 1 aliphatic heterocycles. The average molecular weight is 391 g/mol. The van der Waals surface area contributed by atoms with Crippen LogP contribution in [-0.2, 0) is 9.59 Å².